The van der Waals surface area contributed by atoms with Crippen LogP contribution in [0.3, 0.4) is 0 Å². The predicted molar refractivity (Wildman–Crippen MR) is 288 cm³/mol. The number of nitrogens with zero attached hydrogens (tertiary/aromatic N) is 1. The van der Waals surface area contributed by atoms with Gasteiger partial charge in [0, 0.05) is 16.6 Å². The van der Waals surface area contributed by atoms with E-state index >= 15 is 0 Å². The number of hydrogen-bond donors (Lipinski definition) is 0. The fourth-order valence-electron chi connectivity index (χ4n) is 11.9. The Labute approximate surface area is 404 Å². The number of benzene rings is 10. The average Bonchev–Trinajstić information content (AvgIpc) is 3.96. The van der Waals surface area contributed by atoms with E-state index in [1.165, 1.54) is 98.9 Å². The molecule has 69 heavy (non-hydrogen) atoms. The topological polar surface area (TPSA) is 16.4 Å². The first-order valence-corrected chi connectivity index (χ1v) is 24.7. The molecule has 0 atom stereocenters. The maximum atomic E-state index is 6.76. The van der Waals surface area contributed by atoms with Crippen molar-refractivity contribution >= 4 is 39.0 Å². The van der Waals surface area contributed by atoms with Crippen molar-refractivity contribution < 1.29 is 4.42 Å². The average molecular weight is 886 g/mol. The van der Waals surface area contributed by atoms with Crippen molar-refractivity contribution in [1.82, 2.24) is 0 Å². The molecule has 2 aliphatic rings. The molecule has 0 spiro atoms. The highest BCUT2D eigenvalue weighted by Gasteiger charge is 2.46. The van der Waals surface area contributed by atoms with Crippen LogP contribution in [0.5, 0.6) is 0 Å². The van der Waals surface area contributed by atoms with Gasteiger partial charge in [0.2, 0.25) is 0 Å². The van der Waals surface area contributed by atoms with E-state index in [4.69, 9.17) is 4.42 Å². The van der Waals surface area contributed by atoms with Gasteiger partial charge in [0.15, 0.2) is 0 Å². The maximum Gasteiger partial charge on any atom is 0.137 e. The minimum Gasteiger partial charge on any atom is -0.456 e. The van der Waals surface area contributed by atoms with Gasteiger partial charge >= 0.3 is 0 Å². The zero-order chi connectivity index (χ0) is 45.7. The minimum atomic E-state index is -0.600. The van der Waals surface area contributed by atoms with Crippen molar-refractivity contribution in [3.05, 3.63) is 270 Å². The van der Waals surface area contributed by atoms with Gasteiger partial charge in [-0.25, -0.2) is 0 Å². The van der Waals surface area contributed by atoms with E-state index < -0.39 is 5.41 Å². The summed E-state index contributed by atoms with van der Waals surface area (Å²) in [7, 11) is 0. The third-order valence-corrected chi connectivity index (χ3v) is 15.2. The summed E-state index contributed by atoms with van der Waals surface area (Å²) in [6, 6.07) is 89.8. The van der Waals surface area contributed by atoms with Crippen LogP contribution in [0.25, 0.3) is 66.4 Å². The molecule has 1 heterocycles. The standard InChI is InChI=1S/C67H51NO/c1-4-18-46(19-5-1)49-34-36-51(37-35-49)56-26-12-15-31-62(56)68(63-32-17-33-65-66(63)59-44-52(40-43-64(59)69-65)48-22-8-3-9-23-48)55-25-16-24-54(45-55)67(53-41-38-50(39-42-53)47-20-6-2-7-21-47)60-29-13-10-27-57(60)58-28-11-14-30-61(58)67/h2-3,6-17,20-46H,1,4-5,18-19H2. The number of rotatable bonds is 9. The largest absolute Gasteiger partial charge is 0.456 e. The molecule has 1 fully saturated rings. The molecule has 2 nitrogen and oxygen atoms in total. The lowest BCUT2D eigenvalue weighted by Gasteiger charge is -2.35. The molecule has 330 valence electrons. The van der Waals surface area contributed by atoms with Gasteiger partial charge in [0.25, 0.3) is 0 Å². The summed E-state index contributed by atoms with van der Waals surface area (Å²) in [4.78, 5) is 2.50. The molecule has 0 radical (unpaired) electrons. The predicted octanol–water partition coefficient (Wildman–Crippen LogP) is 18.5. The summed E-state index contributed by atoms with van der Waals surface area (Å²) in [5.74, 6) is 0.641. The first-order valence-electron chi connectivity index (χ1n) is 24.7. The van der Waals surface area contributed by atoms with E-state index in [1.807, 2.05) is 0 Å². The SMILES string of the molecule is c1ccc(-c2ccc(C3(c4cccc(N(c5ccccc5-c5ccc(C6CCCCC6)cc5)c5cccc6oc7ccc(-c8ccccc8)cc7c56)c4)c4ccccc4-c4ccccc43)cc2)cc1. The fraction of sp³-hybridized carbons (Fsp3) is 0.104. The Morgan fingerprint density at radius 1 is 0.377 bits per heavy atom. The second kappa shape index (κ2) is 17.1. The third kappa shape index (κ3) is 6.93. The van der Waals surface area contributed by atoms with Crippen LogP contribution in [0.15, 0.2) is 247 Å². The summed E-state index contributed by atoms with van der Waals surface area (Å²) in [6.07, 6.45) is 6.56. The summed E-state index contributed by atoms with van der Waals surface area (Å²) in [5, 5.41) is 2.17. The van der Waals surface area contributed by atoms with Gasteiger partial charge in [-0.15, -0.1) is 0 Å². The van der Waals surface area contributed by atoms with E-state index in [1.54, 1.807) is 0 Å². The molecule has 10 aromatic carbocycles. The summed E-state index contributed by atoms with van der Waals surface area (Å²) in [5.41, 5.74) is 20.5. The van der Waals surface area contributed by atoms with E-state index in [0.717, 1.165) is 44.6 Å². The number of hydrogen-bond acceptors (Lipinski definition) is 2. The lowest BCUT2D eigenvalue weighted by molar-refractivity contribution is 0.443. The molecule has 13 rings (SSSR count). The van der Waals surface area contributed by atoms with Crippen molar-refractivity contribution in [1.29, 1.82) is 0 Å². The zero-order valence-corrected chi connectivity index (χ0v) is 38.6. The van der Waals surface area contributed by atoms with Gasteiger partial charge < -0.3 is 9.32 Å². The molecule has 1 saturated carbocycles. The minimum absolute atomic E-state index is 0.600. The number of anilines is 3. The molecule has 0 saturated heterocycles. The molecule has 11 aromatic rings. The Morgan fingerprint density at radius 3 is 1.65 bits per heavy atom. The van der Waals surface area contributed by atoms with Crippen molar-refractivity contribution in [3.63, 3.8) is 0 Å². The van der Waals surface area contributed by atoms with Crippen LogP contribution < -0.4 is 4.90 Å². The van der Waals surface area contributed by atoms with Gasteiger partial charge in [-0.3, -0.25) is 0 Å². The van der Waals surface area contributed by atoms with Crippen molar-refractivity contribution in [2.75, 3.05) is 4.90 Å². The number of furan rings is 1. The molecule has 0 bridgehead atoms. The van der Waals surface area contributed by atoms with Crippen molar-refractivity contribution in [2.45, 2.75) is 43.4 Å². The Kier molecular flexibility index (Phi) is 10.2. The Hall–Kier alpha value is -8.20. The van der Waals surface area contributed by atoms with Crippen LogP contribution >= 0.6 is 0 Å². The highest BCUT2D eigenvalue weighted by Crippen LogP contribution is 2.57. The summed E-state index contributed by atoms with van der Waals surface area (Å²) in [6.45, 7) is 0. The molecule has 2 heteroatoms. The highest BCUT2D eigenvalue weighted by molar-refractivity contribution is 6.14. The summed E-state index contributed by atoms with van der Waals surface area (Å²) < 4.78 is 6.76. The van der Waals surface area contributed by atoms with Crippen LogP contribution in [0.2, 0.25) is 0 Å². The van der Waals surface area contributed by atoms with Crippen LogP contribution in [0, 0.1) is 0 Å². The first-order chi connectivity index (χ1) is 34.2. The first kappa shape index (κ1) is 41.0. The number of fused-ring (bicyclic) bond motifs is 6. The monoisotopic (exact) mass is 885 g/mol. The molecular formula is C67H51NO. The van der Waals surface area contributed by atoms with Gasteiger partial charge in [-0.05, 0) is 128 Å². The van der Waals surface area contributed by atoms with Gasteiger partial charge in [-0.2, -0.15) is 0 Å². The molecule has 0 unspecified atom stereocenters. The second-order valence-corrected chi connectivity index (χ2v) is 19.0. The van der Waals surface area contributed by atoms with Gasteiger partial charge in [-0.1, -0.05) is 219 Å². The van der Waals surface area contributed by atoms with Crippen LogP contribution in [0.1, 0.15) is 65.8 Å². The molecule has 0 aliphatic heterocycles. The lowest BCUT2D eigenvalue weighted by Crippen LogP contribution is -2.29. The van der Waals surface area contributed by atoms with E-state index in [-0.39, 0.29) is 0 Å². The van der Waals surface area contributed by atoms with Gasteiger partial charge in [0.05, 0.1) is 22.2 Å². The normalized spacial score (nSPS) is 14.1. The smallest absolute Gasteiger partial charge is 0.137 e. The van der Waals surface area contributed by atoms with Crippen molar-refractivity contribution in [3.8, 4) is 44.5 Å². The van der Waals surface area contributed by atoms with E-state index in [0.29, 0.717) is 5.92 Å². The Bertz CT molecular complexity index is 3590. The van der Waals surface area contributed by atoms with Gasteiger partial charge in [0.1, 0.15) is 11.2 Å². The second-order valence-electron chi connectivity index (χ2n) is 19.0. The summed E-state index contributed by atoms with van der Waals surface area (Å²) >= 11 is 0. The fourth-order valence-corrected chi connectivity index (χ4v) is 11.9. The third-order valence-electron chi connectivity index (χ3n) is 15.2. The quantitative estimate of drug-likeness (QED) is 0.144. The van der Waals surface area contributed by atoms with Crippen LogP contribution in [-0.2, 0) is 5.41 Å². The lowest BCUT2D eigenvalue weighted by atomic mass is 9.67. The highest BCUT2D eigenvalue weighted by atomic mass is 16.3. The zero-order valence-electron chi connectivity index (χ0n) is 38.6. The van der Waals surface area contributed by atoms with Crippen LogP contribution in [0.4, 0.5) is 17.1 Å². The molecule has 2 aliphatic carbocycles. The van der Waals surface area contributed by atoms with E-state index in [9.17, 15) is 0 Å². The number of para-hydroxylation sites is 1. The molecule has 0 N–H and O–H groups in total. The molecule has 1 aromatic heterocycles. The molecule has 0 amide bonds. The maximum absolute atomic E-state index is 6.76. The Morgan fingerprint density at radius 2 is 0.942 bits per heavy atom. The Balaban J connectivity index is 1.05. The molecular weight excluding hydrogens is 835 g/mol. The van der Waals surface area contributed by atoms with Crippen molar-refractivity contribution in [2.24, 2.45) is 0 Å². The van der Waals surface area contributed by atoms with E-state index in [2.05, 4.69) is 248 Å². The van der Waals surface area contributed by atoms with Crippen LogP contribution in [-0.4, -0.2) is 0 Å².